The second kappa shape index (κ2) is 9.52. The normalized spacial score (nSPS) is 11.2. The second-order valence-corrected chi connectivity index (χ2v) is 7.70. The molecule has 0 spiro atoms. The van der Waals surface area contributed by atoms with Crippen molar-refractivity contribution in [1.82, 2.24) is 10.3 Å². The van der Waals surface area contributed by atoms with Crippen LogP contribution in [0.25, 0.3) is 17.0 Å². The summed E-state index contributed by atoms with van der Waals surface area (Å²) in [6.07, 6.45) is 3.90. The zero-order valence-electron chi connectivity index (χ0n) is 18.1. The Balaban J connectivity index is 1.32. The maximum atomic E-state index is 14.1. The molecule has 5 heteroatoms. The Hall–Kier alpha value is -3.86. The molecule has 3 aromatic carbocycles. The van der Waals surface area contributed by atoms with Crippen LogP contribution in [-0.4, -0.2) is 17.4 Å². The molecule has 0 aliphatic rings. The zero-order chi connectivity index (χ0) is 22.5. The van der Waals surface area contributed by atoms with Crippen molar-refractivity contribution in [2.24, 2.45) is 0 Å². The van der Waals surface area contributed by atoms with Crippen molar-refractivity contribution in [2.75, 3.05) is 6.54 Å². The Bertz CT molecular complexity index is 1260. The highest BCUT2D eigenvalue weighted by Gasteiger charge is 2.13. The average Bonchev–Trinajstić information content (AvgIpc) is 3.14. The van der Waals surface area contributed by atoms with Crippen LogP contribution in [0.4, 0.5) is 4.39 Å². The van der Waals surface area contributed by atoms with Crippen molar-refractivity contribution >= 4 is 22.9 Å². The number of amides is 1. The summed E-state index contributed by atoms with van der Waals surface area (Å²) >= 11 is 0. The number of ether oxygens (including phenoxy) is 1. The van der Waals surface area contributed by atoms with E-state index in [9.17, 15) is 9.18 Å². The topological polar surface area (TPSA) is 54.1 Å². The van der Waals surface area contributed by atoms with Crippen LogP contribution >= 0.6 is 0 Å². The van der Waals surface area contributed by atoms with Crippen LogP contribution in [0.5, 0.6) is 11.5 Å². The Kier molecular flexibility index (Phi) is 6.36. The first-order valence-corrected chi connectivity index (χ1v) is 10.6. The van der Waals surface area contributed by atoms with E-state index in [0.29, 0.717) is 18.5 Å². The van der Waals surface area contributed by atoms with Gasteiger partial charge in [0.1, 0.15) is 17.3 Å². The number of nitrogens with one attached hydrogen (secondary N) is 2. The number of carbonyl (C=O) groups excluding carboxylic acids is 1. The molecule has 1 heterocycles. The summed E-state index contributed by atoms with van der Waals surface area (Å²) < 4.78 is 19.9. The lowest BCUT2D eigenvalue weighted by atomic mass is 10.0. The van der Waals surface area contributed by atoms with E-state index in [2.05, 4.69) is 10.3 Å². The summed E-state index contributed by atoms with van der Waals surface area (Å²) in [4.78, 5) is 15.4. The fourth-order valence-electron chi connectivity index (χ4n) is 3.77. The van der Waals surface area contributed by atoms with Gasteiger partial charge in [0.05, 0.1) is 5.52 Å². The van der Waals surface area contributed by atoms with Gasteiger partial charge in [-0.3, -0.25) is 4.79 Å². The molecule has 0 saturated heterocycles. The molecule has 1 aromatic heterocycles. The molecule has 0 aliphatic heterocycles. The van der Waals surface area contributed by atoms with E-state index in [4.69, 9.17) is 4.74 Å². The Morgan fingerprint density at radius 1 is 1.00 bits per heavy atom. The van der Waals surface area contributed by atoms with E-state index in [0.717, 1.165) is 39.3 Å². The first-order valence-electron chi connectivity index (χ1n) is 10.6. The van der Waals surface area contributed by atoms with E-state index in [-0.39, 0.29) is 11.7 Å². The summed E-state index contributed by atoms with van der Waals surface area (Å²) in [5, 5.41) is 3.81. The molecule has 0 atom stereocenters. The van der Waals surface area contributed by atoms with Crippen LogP contribution in [0.2, 0.25) is 0 Å². The van der Waals surface area contributed by atoms with Gasteiger partial charge in [-0.05, 0) is 73.4 Å². The second-order valence-electron chi connectivity index (χ2n) is 7.70. The number of rotatable bonds is 7. The third-order valence-electron chi connectivity index (χ3n) is 5.39. The van der Waals surface area contributed by atoms with Gasteiger partial charge in [0.15, 0.2) is 0 Å². The van der Waals surface area contributed by atoms with Gasteiger partial charge < -0.3 is 15.0 Å². The number of halogens is 1. The molecule has 0 fully saturated rings. The molecule has 0 saturated carbocycles. The summed E-state index contributed by atoms with van der Waals surface area (Å²) in [7, 11) is 0. The summed E-state index contributed by atoms with van der Waals surface area (Å²) in [5.74, 6) is 1.08. The highest BCUT2D eigenvalue weighted by atomic mass is 19.1. The zero-order valence-corrected chi connectivity index (χ0v) is 18.1. The molecule has 0 radical (unpaired) electrons. The number of aryl methyl sites for hydroxylation is 2. The predicted molar refractivity (Wildman–Crippen MR) is 126 cm³/mol. The number of hydrogen-bond acceptors (Lipinski definition) is 2. The highest BCUT2D eigenvalue weighted by Crippen LogP contribution is 2.28. The Labute approximate surface area is 186 Å². The van der Waals surface area contributed by atoms with Crippen LogP contribution in [0.1, 0.15) is 22.4 Å². The van der Waals surface area contributed by atoms with Gasteiger partial charge in [0.2, 0.25) is 5.91 Å². The van der Waals surface area contributed by atoms with Crippen molar-refractivity contribution in [3.8, 4) is 11.5 Å². The van der Waals surface area contributed by atoms with Gasteiger partial charge in [-0.1, -0.05) is 36.4 Å². The SMILES string of the molecule is Cc1[nH]c2c(F)ccc(C)c2c1CCNC(=O)C=Cc1ccc(Oc2ccccc2)cc1. The third kappa shape index (κ3) is 4.89. The Morgan fingerprint density at radius 3 is 2.47 bits per heavy atom. The van der Waals surface area contributed by atoms with Crippen LogP contribution in [0.3, 0.4) is 0 Å². The molecule has 4 rings (SSSR count). The maximum Gasteiger partial charge on any atom is 0.244 e. The van der Waals surface area contributed by atoms with Gasteiger partial charge in [-0.25, -0.2) is 4.39 Å². The maximum absolute atomic E-state index is 14.1. The third-order valence-corrected chi connectivity index (χ3v) is 5.39. The average molecular weight is 429 g/mol. The largest absolute Gasteiger partial charge is 0.457 e. The lowest BCUT2D eigenvalue weighted by Crippen LogP contribution is -2.23. The molecular weight excluding hydrogens is 403 g/mol. The monoisotopic (exact) mass is 428 g/mol. The van der Waals surface area contributed by atoms with Gasteiger partial charge in [-0.2, -0.15) is 0 Å². The van der Waals surface area contributed by atoms with Gasteiger partial charge in [-0.15, -0.1) is 0 Å². The molecule has 4 nitrogen and oxygen atoms in total. The summed E-state index contributed by atoms with van der Waals surface area (Å²) in [6, 6.07) is 20.4. The minimum Gasteiger partial charge on any atom is -0.457 e. The fourth-order valence-corrected chi connectivity index (χ4v) is 3.77. The van der Waals surface area contributed by atoms with Gasteiger partial charge >= 0.3 is 0 Å². The summed E-state index contributed by atoms with van der Waals surface area (Å²) in [6.45, 7) is 4.37. The quantitative estimate of drug-likeness (QED) is 0.350. The predicted octanol–water partition coefficient (Wildman–Crippen LogP) is 6.09. The van der Waals surface area contributed by atoms with Crippen LogP contribution in [0, 0.1) is 19.7 Å². The standard InChI is InChI=1S/C27H25FN2O2/c1-18-8-14-24(28)27-26(18)23(19(2)30-27)16-17-29-25(31)15-11-20-9-12-22(13-10-20)32-21-6-4-3-5-7-21/h3-15,30H,16-17H2,1-2H3,(H,29,31). The van der Waals surface area contributed by atoms with E-state index < -0.39 is 0 Å². The van der Waals surface area contributed by atoms with Crippen molar-refractivity contribution in [2.45, 2.75) is 20.3 Å². The van der Waals surface area contributed by atoms with Crippen LogP contribution in [0.15, 0.2) is 72.8 Å². The molecule has 1 amide bonds. The molecule has 32 heavy (non-hydrogen) atoms. The number of benzene rings is 3. The molecule has 2 N–H and O–H groups in total. The lowest BCUT2D eigenvalue weighted by Gasteiger charge is -2.06. The number of aromatic amines is 1. The van der Waals surface area contributed by atoms with Crippen molar-refractivity contribution in [1.29, 1.82) is 0 Å². The minimum atomic E-state index is -0.257. The summed E-state index contributed by atoms with van der Waals surface area (Å²) in [5.41, 5.74) is 4.42. The number of fused-ring (bicyclic) bond motifs is 1. The number of hydrogen-bond donors (Lipinski definition) is 2. The van der Waals surface area contributed by atoms with E-state index in [1.807, 2.05) is 68.4 Å². The first kappa shape index (κ1) is 21.4. The van der Waals surface area contributed by atoms with Crippen LogP contribution < -0.4 is 10.1 Å². The van der Waals surface area contributed by atoms with Gasteiger partial charge in [0.25, 0.3) is 0 Å². The lowest BCUT2D eigenvalue weighted by molar-refractivity contribution is -0.116. The molecule has 162 valence electrons. The highest BCUT2D eigenvalue weighted by molar-refractivity contribution is 5.92. The van der Waals surface area contributed by atoms with Crippen molar-refractivity contribution < 1.29 is 13.9 Å². The van der Waals surface area contributed by atoms with E-state index in [1.165, 1.54) is 12.1 Å². The van der Waals surface area contributed by atoms with E-state index in [1.54, 1.807) is 12.1 Å². The molecular formula is C27H25FN2O2. The molecule has 0 unspecified atom stereocenters. The van der Waals surface area contributed by atoms with Crippen molar-refractivity contribution in [3.05, 3.63) is 101 Å². The number of carbonyl (C=O) groups is 1. The first-order chi connectivity index (χ1) is 15.5. The molecule has 0 bridgehead atoms. The number of H-pyrrole nitrogens is 1. The van der Waals surface area contributed by atoms with Crippen molar-refractivity contribution in [3.63, 3.8) is 0 Å². The molecule has 0 aliphatic carbocycles. The minimum absolute atomic E-state index is 0.171. The Morgan fingerprint density at radius 2 is 1.72 bits per heavy atom. The smallest absolute Gasteiger partial charge is 0.244 e. The molecule has 4 aromatic rings. The number of para-hydroxylation sites is 1. The van der Waals surface area contributed by atoms with E-state index >= 15 is 0 Å². The number of aromatic nitrogens is 1. The van der Waals surface area contributed by atoms with Crippen LogP contribution in [-0.2, 0) is 11.2 Å². The van der Waals surface area contributed by atoms with Gasteiger partial charge in [0, 0.05) is 23.7 Å². The fraction of sp³-hybridized carbons (Fsp3) is 0.148.